The fourth-order valence-corrected chi connectivity index (χ4v) is 6.56. The standard InChI is InChI=1S/C24H21NO3S/c26-20-11-17(22(15-6-7-15)23-25(20)19(12-29-23)24(27)28)10-16-9-8-14-5-4-13-2-1-3-18(16)21(13)14/h1-3,8-9,11,15,19H,4-7,10,12H2,(H,27,28). The highest BCUT2D eigenvalue weighted by Gasteiger charge is 2.37. The lowest BCUT2D eigenvalue weighted by molar-refractivity contribution is -0.140. The number of carboxylic acid groups (broad SMARTS) is 1. The first kappa shape index (κ1) is 17.3. The Morgan fingerprint density at radius 1 is 1.10 bits per heavy atom. The predicted molar refractivity (Wildman–Crippen MR) is 114 cm³/mol. The molecule has 1 aromatic heterocycles. The van der Waals surface area contributed by atoms with Crippen molar-refractivity contribution in [3.8, 4) is 0 Å². The molecule has 0 bridgehead atoms. The van der Waals surface area contributed by atoms with E-state index in [0.29, 0.717) is 11.7 Å². The quantitative estimate of drug-likeness (QED) is 0.706. The van der Waals surface area contributed by atoms with E-state index in [1.54, 1.807) is 6.07 Å². The van der Waals surface area contributed by atoms with Gasteiger partial charge in [-0.2, -0.15) is 0 Å². The Labute approximate surface area is 172 Å². The molecular weight excluding hydrogens is 382 g/mol. The third-order valence-electron chi connectivity index (χ3n) is 6.64. The summed E-state index contributed by atoms with van der Waals surface area (Å²) >= 11 is 1.54. The van der Waals surface area contributed by atoms with Crippen LogP contribution in [0, 0.1) is 0 Å². The molecule has 2 heterocycles. The van der Waals surface area contributed by atoms with Crippen LogP contribution >= 0.6 is 11.8 Å². The van der Waals surface area contributed by atoms with Crippen LogP contribution in [0.2, 0.25) is 0 Å². The Bertz CT molecular complexity index is 1240. The smallest absolute Gasteiger partial charge is 0.327 e. The molecule has 3 aliphatic rings. The van der Waals surface area contributed by atoms with E-state index < -0.39 is 12.0 Å². The molecular formula is C24H21NO3S. The van der Waals surface area contributed by atoms with Gasteiger partial charge in [0.05, 0.1) is 5.03 Å². The summed E-state index contributed by atoms with van der Waals surface area (Å²) in [6.45, 7) is 0. The van der Waals surface area contributed by atoms with Gasteiger partial charge in [-0.15, -0.1) is 11.8 Å². The van der Waals surface area contributed by atoms with Crippen LogP contribution in [0.15, 0.2) is 46.2 Å². The van der Waals surface area contributed by atoms with E-state index in [0.717, 1.165) is 42.7 Å². The van der Waals surface area contributed by atoms with Crippen LogP contribution in [0.1, 0.15) is 52.6 Å². The lowest BCUT2D eigenvalue weighted by Gasteiger charge is -2.17. The van der Waals surface area contributed by atoms with Crippen molar-refractivity contribution >= 4 is 28.5 Å². The number of aliphatic carboxylic acids is 1. The van der Waals surface area contributed by atoms with Gasteiger partial charge in [-0.1, -0.05) is 30.3 Å². The number of benzene rings is 2. The zero-order valence-corrected chi connectivity index (χ0v) is 16.8. The van der Waals surface area contributed by atoms with Gasteiger partial charge in [-0.25, -0.2) is 4.79 Å². The van der Waals surface area contributed by atoms with Crippen LogP contribution in [-0.4, -0.2) is 21.4 Å². The van der Waals surface area contributed by atoms with Crippen molar-refractivity contribution in [2.75, 3.05) is 5.75 Å². The SMILES string of the molecule is O=C(O)C1CSc2c(C3CC3)c(Cc3ccc4c5c(cccc35)CC4)cc(=O)n21. The zero-order chi connectivity index (χ0) is 19.7. The first-order chi connectivity index (χ1) is 14.1. The van der Waals surface area contributed by atoms with Gasteiger partial charge in [0.1, 0.15) is 6.04 Å². The van der Waals surface area contributed by atoms with Gasteiger partial charge in [0, 0.05) is 11.8 Å². The third-order valence-corrected chi connectivity index (χ3v) is 7.81. The molecule has 1 saturated carbocycles. The molecule has 4 nitrogen and oxygen atoms in total. The summed E-state index contributed by atoms with van der Waals surface area (Å²) in [5.41, 5.74) is 6.24. The monoisotopic (exact) mass is 403 g/mol. The van der Waals surface area contributed by atoms with Crippen molar-refractivity contribution in [2.45, 2.75) is 49.1 Å². The van der Waals surface area contributed by atoms with Gasteiger partial charge in [0.15, 0.2) is 0 Å². The average Bonchev–Trinajstić information content (AvgIpc) is 3.28. The molecule has 29 heavy (non-hydrogen) atoms. The fraction of sp³-hybridized carbons (Fsp3) is 0.333. The van der Waals surface area contributed by atoms with Crippen molar-refractivity contribution in [1.29, 1.82) is 0 Å². The van der Waals surface area contributed by atoms with E-state index in [-0.39, 0.29) is 5.56 Å². The predicted octanol–water partition coefficient (Wildman–Crippen LogP) is 4.30. The van der Waals surface area contributed by atoms with Gasteiger partial charge in [-0.05, 0) is 76.6 Å². The molecule has 1 aliphatic heterocycles. The minimum absolute atomic E-state index is 0.178. The number of nitrogens with zero attached hydrogens (tertiary/aromatic N) is 1. The molecule has 1 N–H and O–H groups in total. The number of aromatic nitrogens is 1. The largest absolute Gasteiger partial charge is 0.480 e. The summed E-state index contributed by atoms with van der Waals surface area (Å²) in [7, 11) is 0. The number of rotatable bonds is 4. The normalized spacial score (nSPS) is 19.7. The number of aryl methyl sites for hydroxylation is 2. The minimum atomic E-state index is -0.916. The maximum absolute atomic E-state index is 12.9. The number of thioether (sulfide) groups is 1. The number of carboxylic acids is 1. The Kier molecular flexibility index (Phi) is 3.73. The molecule has 0 spiro atoms. The molecule has 1 fully saturated rings. The number of fused-ring (bicyclic) bond motifs is 1. The molecule has 5 heteroatoms. The molecule has 0 saturated heterocycles. The fourth-order valence-electron chi connectivity index (χ4n) is 5.14. The van der Waals surface area contributed by atoms with Gasteiger partial charge in [-0.3, -0.25) is 9.36 Å². The lowest BCUT2D eigenvalue weighted by atomic mass is 9.93. The Morgan fingerprint density at radius 3 is 2.66 bits per heavy atom. The van der Waals surface area contributed by atoms with Crippen LogP contribution in [0.4, 0.5) is 0 Å². The molecule has 0 radical (unpaired) electrons. The summed E-state index contributed by atoms with van der Waals surface area (Å²) in [4.78, 5) is 24.5. The van der Waals surface area contributed by atoms with Crippen molar-refractivity contribution in [3.63, 3.8) is 0 Å². The summed E-state index contributed by atoms with van der Waals surface area (Å²) < 4.78 is 1.53. The Morgan fingerprint density at radius 2 is 1.90 bits per heavy atom. The molecule has 2 aromatic carbocycles. The van der Waals surface area contributed by atoms with Crippen molar-refractivity contribution in [2.24, 2.45) is 0 Å². The van der Waals surface area contributed by atoms with E-state index in [1.807, 2.05) is 0 Å². The molecule has 0 amide bonds. The highest BCUT2D eigenvalue weighted by Crippen LogP contribution is 2.48. The minimum Gasteiger partial charge on any atom is -0.480 e. The van der Waals surface area contributed by atoms with E-state index in [4.69, 9.17) is 0 Å². The van der Waals surface area contributed by atoms with E-state index >= 15 is 0 Å². The van der Waals surface area contributed by atoms with Crippen LogP contribution in [0.3, 0.4) is 0 Å². The van der Waals surface area contributed by atoms with Crippen LogP contribution in [0.25, 0.3) is 10.8 Å². The number of hydrogen-bond acceptors (Lipinski definition) is 3. The summed E-state index contributed by atoms with van der Waals surface area (Å²) in [5, 5.41) is 13.1. The van der Waals surface area contributed by atoms with Gasteiger partial charge in [0.25, 0.3) is 5.56 Å². The van der Waals surface area contributed by atoms with Gasteiger partial charge < -0.3 is 5.11 Å². The highest BCUT2D eigenvalue weighted by atomic mass is 32.2. The second kappa shape index (κ2) is 6.23. The summed E-state index contributed by atoms with van der Waals surface area (Å²) in [6, 6.07) is 12.0. The molecule has 1 unspecified atom stereocenters. The molecule has 1 atom stereocenters. The number of hydrogen-bond donors (Lipinski definition) is 1. The second-order valence-corrected chi connectivity index (χ2v) is 9.44. The van der Waals surface area contributed by atoms with Crippen molar-refractivity contribution in [3.05, 3.63) is 74.6 Å². The maximum atomic E-state index is 12.9. The van der Waals surface area contributed by atoms with Crippen LogP contribution in [0.5, 0.6) is 0 Å². The lowest BCUT2D eigenvalue weighted by Crippen LogP contribution is -2.29. The number of carbonyl (C=O) groups is 1. The van der Waals surface area contributed by atoms with Gasteiger partial charge >= 0.3 is 5.97 Å². The first-order valence-corrected chi connectivity index (χ1v) is 11.3. The van der Waals surface area contributed by atoms with Crippen LogP contribution < -0.4 is 5.56 Å². The number of pyridine rings is 1. The van der Waals surface area contributed by atoms with E-state index in [1.165, 1.54) is 49.4 Å². The van der Waals surface area contributed by atoms with Crippen molar-refractivity contribution in [1.82, 2.24) is 4.57 Å². The van der Waals surface area contributed by atoms with Crippen LogP contribution in [-0.2, 0) is 24.1 Å². The Balaban J connectivity index is 1.51. The maximum Gasteiger partial charge on any atom is 0.327 e. The van der Waals surface area contributed by atoms with E-state index in [2.05, 4.69) is 30.3 Å². The van der Waals surface area contributed by atoms with E-state index in [9.17, 15) is 14.7 Å². The zero-order valence-electron chi connectivity index (χ0n) is 16.0. The summed E-state index contributed by atoms with van der Waals surface area (Å²) in [5.74, 6) is -0.0154. The molecule has 146 valence electrons. The average molecular weight is 404 g/mol. The Hall–Kier alpha value is -2.53. The molecule has 6 rings (SSSR count). The third kappa shape index (κ3) is 2.60. The highest BCUT2D eigenvalue weighted by molar-refractivity contribution is 7.99. The topological polar surface area (TPSA) is 59.3 Å². The second-order valence-electron chi connectivity index (χ2n) is 8.44. The first-order valence-electron chi connectivity index (χ1n) is 10.3. The summed E-state index contributed by atoms with van der Waals surface area (Å²) in [6.07, 6.45) is 5.20. The van der Waals surface area contributed by atoms with Gasteiger partial charge in [0.2, 0.25) is 0 Å². The van der Waals surface area contributed by atoms with Crippen molar-refractivity contribution < 1.29 is 9.90 Å². The molecule has 3 aromatic rings. The molecule has 2 aliphatic carbocycles.